The van der Waals surface area contributed by atoms with E-state index in [1.165, 1.54) is 4.90 Å². The van der Waals surface area contributed by atoms with Crippen LogP contribution in [0.1, 0.15) is 63.4 Å². The van der Waals surface area contributed by atoms with E-state index in [0.717, 1.165) is 37.7 Å². The molecule has 0 aliphatic carbocycles. The van der Waals surface area contributed by atoms with Crippen LogP contribution in [0.15, 0.2) is 30.3 Å². The van der Waals surface area contributed by atoms with Crippen LogP contribution in [0.5, 0.6) is 0 Å². The molecule has 0 spiro atoms. The van der Waals surface area contributed by atoms with Crippen molar-refractivity contribution in [2.45, 2.75) is 82.3 Å². The second-order valence-corrected chi connectivity index (χ2v) is 8.91. The van der Waals surface area contributed by atoms with Gasteiger partial charge in [0.2, 0.25) is 23.6 Å². The van der Waals surface area contributed by atoms with E-state index < -0.39 is 0 Å². The Hall–Kier alpha value is -2.70. The number of benzene rings is 1. The molecule has 3 aliphatic heterocycles. The first-order valence-corrected chi connectivity index (χ1v) is 11.5. The van der Waals surface area contributed by atoms with E-state index in [4.69, 9.17) is 0 Å². The normalized spacial score (nSPS) is 26.8. The molecule has 0 saturated carbocycles. The van der Waals surface area contributed by atoms with Crippen molar-refractivity contribution in [3.8, 4) is 0 Å². The Kier molecular flexibility index (Phi) is 6.68. The van der Waals surface area contributed by atoms with Gasteiger partial charge in [-0.25, -0.2) is 0 Å². The molecular weight excluding hydrogens is 394 g/mol. The van der Waals surface area contributed by atoms with Crippen molar-refractivity contribution in [1.29, 1.82) is 0 Å². The van der Waals surface area contributed by atoms with Gasteiger partial charge in [-0.1, -0.05) is 36.8 Å². The van der Waals surface area contributed by atoms with E-state index in [-0.39, 0.29) is 54.7 Å². The first kappa shape index (κ1) is 21.5. The van der Waals surface area contributed by atoms with Crippen LogP contribution in [0.25, 0.3) is 0 Å². The highest BCUT2D eigenvalue weighted by Gasteiger charge is 2.44. The zero-order chi connectivity index (χ0) is 21.8. The molecule has 3 heterocycles. The number of hydrogen-bond acceptors (Lipinski definition) is 4. The zero-order valence-electron chi connectivity index (χ0n) is 17.9. The van der Waals surface area contributed by atoms with Crippen molar-refractivity contribution in [3.05, 3.63) is 35.9 Å². The average Bonchev–Trinajstić information content (AvgIpc) is 3.05. The Morgan fingerprint density at radius 1 is 0.968 bits per heavy atom. The number of carbonyl (C=O) groups is 4. The van der Waals surface area contributed by atoms with E-state index in [2.05, 4.69) is 17.4 Å². The third kappa shape index (κ3) is 4.97. The van der Waals surface area contributed by atoms with Crippen LogP contribution in [0.4, 0.5) is 0 Å². The molecule has 3 aliphatic rings. The minimum Gasteiger partial charge on any atom is -0.351 e. The summed E-state index contributed by atoms with van der Waals surface area (Å²) in [6.07, 6.45) is 6.10. The Labute approximate surface area is 183 Å². The maximum Gasteiger partial charge on any atom is 0.229 e. The Morgan fingerprint density at radius 2 is 1.71 bits per heavy atom. The molecule has 0 aromatic heterocycles. The number of fused-ring (bicyclic) bond motifs is 1. The Bertz CT molecular complexity index is 824. The number of nitrogens with zero attached hydrogens (tertiary/aromatic N) is 2. The number of amides is 4. The number of hydrogen-bond donors (Lipinski definition) is 1. The van der Waals surface area contributed by atoms with Crippen molar-refractivity contribution in [1.82, 2.24) is 15.1 Å². The maximum absolute atomic E-state index is 13.4. The minimum atomic E-state index is -0.178. The van der Waals surface area contributed by atoms with E-state index in [0.29, 0.717) is 25.7 Å². The second kappa shape index (κ2) is 9.62. The van der Waals surface area contributed by atoms with Crippen LogP contribution in [-0.4, -0.2) is 58.1 Å². The molecule has 166 valence electrons. The van der Waals surface area contributed by atoms with Gasteiger partial charge >= 0.3 is 0 Å². The fourth-order valence-corrected chi connectivity index (χ4v) is 5.28. The van der Waals surface area contributed by atoms with Gasteiger partial charge in [0.15, 0.2) is 0 Å². The molecule has 4 rings (SSSR count). The molecule has 3 fully saturated rings. The van der Waals surface area contributed by atoms with Gasteiger partial charge in [0.1, 0.15) is 0 Å². The summed E-state index contributed by atoms with van der Waals surface area (Å²) in [5.74, 6) is -0.328. The van der Waals surface area contributed by atoms with Gasteiger partial charge in [0, 0.05) is 38.3 Å². The average molecular weight is 426 g/mol. The van der Waals surface area contributed by atoms with Crippen LogP contribution in [0.2, 0.25) is 0 Å². The summed E-state index contributed by atoms with van der Waals surface area (Å²) in [4.78, 5) is 53.1. The predicted molar refractivity (Wildman–Crippen MR) is 115 cm³/mol. The van der Waals surface area contributed by atoms with E-state index in [1.807, 2.05) is 23.1 Å². The molecule has 1 aromatic carbocycles. The van der Waals surface area contributed by atoms with Crippen LogP contribution in [0.3, 0.4) is 0 Å². The molecule has 1 aromatic rings. The molecule has 1 N–H and O–H groups in total. The monoisotopic (exact) mass is 425 g/mol. The third-order valence-corrected chi connectivity index (χ3v) is 6.78. The quantitative estimate of drug-likeness (QED) is 0.733. The molecule has 7 nitrogen and oxygen atoms in total. The fraction of sp³-hybridized carbons (Fsp3) is 0.583. The zero-order valence-corrected chi connectivity index (χ0v) is 17.9. The standard InChI is InChI=1S/C24H31N3O4/c28-21-10-5-4-9-20-19(25-21)16-18(15-17-7-2-1-3-8-17)27(20)24(31)13-14-26-22(29)11-6-12-23(26)30/h1-3,7-8,18-20H,4-6,9-16H2,(H,25,28)/t18-,19-,20+/m1/s1. The number of piperidine rings is 1. The Morgan fingerprint density at radius 3 is 2.45 bits per heavy atom. The molecule has 0 radical (unpaired) electrons. The van der Waals surface area contributed by atoms with Gasteiger partial charge < -0.3 is 10.2 Å². The molecule has 0 unspecified atom stereocenters. The summed E-state index contributed by atoms with van der Waals surface area (Å²) in [6.45, 7) is 0.148. The molecule has 3 saturated heterocycles. The summed E-state index contributed by atoms with van der Waals surface area (Å²) in [7, 11) is 0. The molecule has 3 atom stereocenters. The predicted octanol–water partition coefficient (Wildman–Crippen LogP) is 2.19. The summed E-state index contributed by atoms with van der Waals surface area (Å²) >= 11 is 0. The van der Waals surface area contributed by atoms with E-state index in [1.54, 1.807) is 0 Å². The first-order chi connectivity index (χ1) is 15.0. The lowest BCUT2D eigenvalue weighted by molar-refractivity contribution is -0.148. The van der Waals surface area contributed by atoms with E-state index in [9.17, 15) is 19.2 Å². The van der Waals surface area contributed by atoms with Gasteiger partial charge in [0.05, 0.1) is 12.1 Å². The minimum absolute atomic E-state index is 0.00365. The molecular formula is C24H31N3O4. The lowest BCUT2D eigenvalue weighted by Gasteiger charge is -2.34. The summed E-state index contributed by atoms with van der Waals surface area (Å²) < 4.78 is 0. The van der Waals surface area contributed by atoms with Crippen LogP contribution < -0.4 is 5.32 Å². The van der Waals surface area contributed by atoms with Gasteiger partial charge in [-0.15, -0.1) is 0 Å². The smallest absolute Gasteiger partial charge is 0.229 e. The number of likely N-dealkylation sites (tertiary alicyclic amines) is 2. The van der Waals surface area contributed by atoms with Crippen molar-refractivity contribution in [3.63, 3.8) is 0 Å². The van der Waals surface area contributed by atoms with Crippen molar-refractivity contribution >= 4 is 23.6 Å². The number of rotatable bonds is 5. The number of nitrogens with one attached hydrogen (secondary N) is 1. The number of carbonyl (C=O) groups excluding carboxylic acids is 4. The maximum atomic E-state index is 13.4. The van der Waals surface area contributed by atoms with Crippen LogP contribution >= 0.6 is 0 Å². The van der Waals surface area contributed by atoms with Crippen molar-refractivity contribution < 1.29 is 19.2 Å². The summed E-state index contributed by atoms with van der Waals surface area (Å²) in [5.41, 5.74) is 1.16. The fourth-order valence-electron chi connectivity index (χ4n) is 5.28. The molecule has 4 amide bonds. The molecule has 7 heteroatoms. The highest BCUT2D eigenvalue weighted by atomic mass is 16.2. The molecule has 0 bridgehead atoms. The largest absolute Gasteiger partial charge is 0.351 e. The third-order valence-electron chi connectivity index (χ3n) is 6.78. The van der Waals surface area contributed by atoms with Crippen LogP contribution in [-0.2, 0) is 25.6 Å². The summed E-state index contributed by atoms with van der Waals surface area (Å²) in [6, 6.07) is 10.0. The van der Waals surface area contributed by atoms with E-state index >= 15 is 0 Å². The second-order valence-electron chi connectivity index (χ2n) is 8.91. The Balaban J connectivity index is 1.51. The molecule has 31 heavy (non-hydrogen) atoms. The van der Waals surface area contributed by atoms with Crippen LogP contribution in [0, 0.1) is 0 Å². The van der Waals surface area contributed by atoms with Gasteiger partial charge in [-0.3, -0.25) is 24.1 Å². The highest BCUT2D eigenvalue weighted by Crippen LogP contribution is 2.32. The van der Waals surface area contributed by atoms with Gasteiger partial charge in [0.25, 0.3) is 0 Å². The topological polar surface area (TPSA) is 86.8 Å². The van der Waals surface area contributed by atoms with Gasteiger partial charge in [-0.05, 0) is 37.7 Å². The van der Waals surface area contributed by atoms with Crippen molar-refractivity contribution in [2.75, 3.05) is 6.54 Å². The van der Waals surface area contributed by atoms with Gasteiger partial charge in [-0.2, -0.15) is 0 Å². The number of imide groups is 1. The lowest BCUT2D eigenvalue weighted by Crippen LogP contribution is -2.50. The first-order valence-electron chi connectivity index (χ1n) is 11.5. The SMILES string of the molecule is O=C1CCCC[C@H]2[C@@H](C[C@@H](Cc3ccccc3)N2C(=O)CCN2C(=O)CCCC2=O)N1. The van der Waals surface area contributed by atoms with Crippen molar-refractivity contribution in [2.24, 2.45) is 0 Å². The lowest BCUT2D eigenvalue weighted by atomic mass is 9.97. The highest BCUT2D eigenvalue weighted by molar-refractivity contribution is 5.97. The summed E-state index contributed by atoms with van der Waals surface area (Å²) in [5, 5.41) is 3.15.